The van der Waals surface area contributed by atoms with Crippen LogP contribution in [0.4, 0.5) is 0 Å². The summed E-state index contributed by atoms with van der Waals surface area (Å²) < 4.78 is 4.64. The normalized spacial score (nSPS) is 12.5. The van der Waals surface area contributed by atoms with Gasteiger partial charge in [0.25, 0.3) is 0 Å². The maximum absolute atomic E-state index is 11.1. The molecule has 0 aromatic carbocycles. The van der Waals surface area contributed by atoms with Gasteiger partial charge in [0.2, 0.25) is 0 Å². The molecule has 90 valence electrons. The van der Waals surface area contributed by atoms with Crippen LogP contribution in [-0.2, 0) is 9.53 Å². The number of carbonyl (C=O) groups excluding carboxylic acids is 1. The summed E-state index contributed by atoms with van der Waals surface area (Å²) in [5.41, 5.74) is 0. The molecule has 0 aromatic heterocycles. The molecule has 0 spiro atoms. The first-order chi connectivity index (χ1) is 7.22. The second-order valence-electron chi connectivity index (χ2n) is 3.64. The summed E-state index contributed by atoms with van der Waals surface area (Å²) >= 11 is 1.80. The van der Waals surface area contributed by atoms with Gasteiger partial charge in [-0.05, 0) is 18.6 Å². The maximum Gasteiger partial charge on any atom is 0.309 e. The first kappa shape index (κ1) is 14.8. The second kappa shape index (κ2) is 10.3. The van der Waals surface area contributed by atoms with Crippen LogP contribution in [0.1, 0.15) is 32.6 Å². The number of hydrogen-bond acceptors (Lipinski definition) is 4. The molecule has 3 nitrogen and oxygen atoms in total. The summed E-state index contributed by atoms with van der Waals surface area (Å²) in [6, 6.07) is 0. The van der Waals surface area contributed by atoms with Gasteiger partial charge in [-0.1, -0.05) is 19.8 Å². The van der Waals surface area contributed by atoms with Crippen LogP contribution in [0.2, 0.25) is 0 Å². The Balaban J connectivity index is 3.20. The van der Waals surface area contributed by atoms with Crippen LogP contribution < -0.4 is 0 Å². The van der Waals surface area contributed by atoms with Crippen LogP contribution in [0.15, 0.2) is 0 Å². The van der Waals surface area contributed by atoms with Gasteiger partial charge in [-0.3, -0.25) is 4.79 Å². The molecule has 1 N–H and O–H groups in total. The number of hydrogen-bond donors (Lipinski definition) is 1. The Kier molecular flexibility index (Phi) is 10.2. The molecule has 0 aromatic rings. The predicted octanol–water partition coefficient (Wildman–Crippen LogP) is 2.08. The lowest BCUT2D eigenvalue weighted by Gasteiger charge is -2.08. The highest BCUT2D eigenvalue weighted by Gasteiger charge is 2.11. The average molecular weight is 234 g/mol. The maximum atomic E-state index is 11.1. The van der Waals surface area contributed by atoms with Crippen molar-refractivity contribution in [2.24, 2.45) is 5.92 Å². The highest BCUT2D eigenvalue weighted by Crippen LogP contribution is 2.12. The van der Waals surface area contributed by atoms with E-state index in [1.54, 1.807) is 11.8 Å². The van der Waals surface area contributed by atoms with Gasteiger partial charge in [-0.25, -0.2) is 0 Å². The Morgan fingerprint density at radius 1 is 1.33 bits per heavy atom. The molecule has 0 radical (unpaired) electrons. The van der Waals surface area contributed by atoms with Gasteiger partial charge in [-0.2, -0.15) is 11.8 Å². The minimum atomic E-state index is -0.122. The topological polar surface area (TPSA) is 46.5 Å². The molecule has 0 saturated heterocycles. The van der Waals surface area contributed by atoms with Gasteiger partial charge in [0.05, 0.1) is 13.0 Å². The molecule has 0 aliphatic heterocycles. The van der Waals surface area contributed by atoms with Crippen molar-refractivity contribution in [3.63, 3.8) is 0 Å². The molecule has 0 aliphatic carbocycles. The van der Waals surface area contributed by atoms with E-state index < -0.39 is 0 Å². The Bertz CT molecular complexity index is 162. The molecular formula is C11H22O3S. The number of carbonyl (C=O) groups is 1. The van der Waals surface area contributed by atoms with E-state index in [0.29, 0.717) is 6.61 Å². The standard InChI is InChI=1S/C11H22O3S/c1-10(11(13)14-2)9-15-8-6-4-3-5-7-12/h10,12H,3-9H2,1-2H3. The Hall–Kier alpha value is -0.220. The smallest absolute Gasteiger partial charge is 0.309 e. The summed E-state index contributed by atoms with van der Waals surface area (Å²) in [5.74, 6) is 1.81. The summed E-state index contributed by atoms with van der Waals surface area (Å²) in [6.07, 6.45) is 4.34. The summed E-state index contributed by atoms with van der Waals surface area (Å²) in [6.45, 7) is 2.19. The van der Waals surface area contributed by atoms with Crippen molar-refractivity contribution in [1.82, 2.24) is 0 Å². The van der Waals surface area contributed by atoms with E-state index in [2.05, 4.69) is 4.74 Å². The van der Waals surface area contributed by atoms with Crippen molar-refractivity contribution in [3.8, 4) is 0 Å². The lowest BCUT2D eigenvalue weighted by Crippen LogP contribution is -2.15. The van der Waals surface area contributed by atoms with Crippen molar-refractivity contribution in [1.29, 1.82) is 0 Å². The van der Waals surface area contributed by atoms with E-state index in [0.717, 1.165) is 24.3 Å². The van der Waals surface area contributed by atoms with Crippen LogP contribution in [-0.4, -0.2) is 36.3 Å². The van der Waals surface area contributed by atoms with Crippen LogP contribution in [0, 0.1) is 5.92 Å². The number of aliphatic hydroxyl groups is 1. The van der Waals surface area contributed by atoms with Crippen molar-refractivity contribution in [2.45, 2.75) is 32.6 Å². The van der Waals surface area contributed by atoms with Crippen LogP contribution in [0.3, 0.4) is 0 Å². The summed E-state index contributed by atoms with van der Waals surface area (Å²) in [5, 5.41) is 8.57. The van der Waals surface area contributed by atoms with Gasteiger partial charge in [-0.15, -0.1) is 0 Å². The molecule has 0 heterocycles. The number of unbranched alkanes of at least 4 members (excludes halogenated alkanes) is 3. The van der Waals surface area contributed by atoms with Gasteiger partial charge in [0.1, 0.15) is 0 Å². The Morgan fingerprint density at radius 2 is 2.00 bits per heavy atom. The molecular weight excluding hydrogens is 212 g/mol. The summed E-state index contributed by atoms with van der Waals surface area (Å²) in [4.78, 5) is 11.1. The van der Waals surface area contributed by atoms with Crippen molar-refractivity contribution < 1.29 is 14.6 Å². The average Bonchev–Trinajstić information content (AvgIpc) is 2.26. The number of aliphatic hydroxyl groups excluding tert-OH is 1. The molecule has 0 bridgehead atoms. The fourth-order valence-electron chi connectivity index (χ4n) is 1.20. The minimum absolute atomic E-state index is 0.00237. The van der Waals surface area contributed by atoms with Gasteiger partial charge >= 0.3 is 5.97 Å². The molecule has 0 aliphatic rings. The first-order valence-electron chi connectivity index (χ1n) is 5.48. The first-order valence-corrected chi connectivity index (χ1v) is 6.64. The SMILES string of the molecule is COC(=O)C(C)CSCCCCCCO. The third-order valence-corrected chi connectivity index (χ3v) is 3.48. The number of methoxy groups -OCH3 is 1. The van der Waals surface area contributed by atoms with E-state index in [4.69, 9.17) is 5.11 Å². The van der Waals surface area contributed by atoms with Crippen LogP contribution >= 0.6 is 11.8 Å². The molecule has 15 heavy (non-hydrogen) atoms. The molecule has 4 heteroatoms. The third kappa shape index (κ3) is 8.75. The Labute approximate surface area is 96.6 Å². The largest absolute Gasteiger partial charge is 0.469 e. The minimum Gasteiger partial charge on any atom is -0.469 e. The third-order valence-electron chi connectivity index (χ3n) is 2.17. The number of rotatable bonds is 9. The zero-order valence-electron chi connectivity index (χ0n) is 9.70. The van der Waals surface area contributed by atoms with Crippen molar-refractivity contribution in [3.05, 3.63) is 0 Å². The molecule has 0 rings (SSSR count). The van der Waals surface area contributed by atoms with Gasteiger partial charge in [0, 0.05) is 12.4 Å². The number of ether oxygens (including phenoxy) is 1. The molecule has 0 amide bonds. The fourth-order valence-corrected chi connectivity index (χ4v) is 2.26. The van der Waals surface area contributed by atoms with E-state index in [-0.39, 0.29) is 11.9 Å². The predicted molar refractivity (Wildman–Crippen MR) is 64.1 cm³/mol. The quantitative estimate of drug-likeness (QED) is 0.490. The highest BCUT2D eigenvalue weighted by atomic mass is 32.2. The summed E-state index contributed by atoms with van der Waals surface area (Å²) in [7, 11) is 1.43. The van der Waals surface area contributed by atoms with E-state index in [1.165, 1.54) is 20.0 Å². The number of esters is 1. The lowest BCUT2D eigenvalue weighted by atomic mass is 10.2. The lowest BCUT2D eigenvalue weighted by molar-refractivity contribution is -0.143. The molecule has 0 fully saturated rings. The fraction of sp³-hybridized carbons (Fsp3) is 0.909. The van der Waals surface area contributed by atoms with Crippen LogP contribution in [0.25, 0.3) is 0 Å². The van der Waals surface area contributed by atoms with Crippen molar-refractivity contribution >= 4 is 17.7 Å². The zero-order chi connectivity index (χ0) is 11.5. The Morgan fingerprint density at radius 3 is 2.60 bits per heavy atom. The highest BCUT2D eigenvalue weighted by molar-refractivity contribution is 7.99. The second-order valence-corrected chi connectivity index (χ2v) is 4.79. The molecule has 0 saturated carbocycles. The van der Waals surface area contributed by atoms with Crippen molar-refractivity contribution in [2.75, 3.05) is 25.2 Å². The van der Waals surface area contributed by atoms with E-state index >= 15 is 0 Å². The molecule has 1 unspecified atom stereocenters. The van der Waals surface area contributed by atoms with Gasteiger partial charge < -0.3 is 9.84 Å². The van der Waals surface area contributed by atoms with E-state index in [1.807, 2.05) is 6.92 Å². The molecule has 1 atom stereocenters. The monoisotopic (exact) mass is 234 g/mol. The number of thioether (sulfide) groups is 1. The van der Waals surface area contributed by atoms with E-state index in [9.17, 15) is 4.79 Å². The van der Waals surface area contributed by atoms with Gasteiger partial charge in [0.15, 0.2) is 0 Å². The zero-order valence-corrected chi connectivity index (χ0v) is 10.5. The van der Waals surface area contributed by atoms with Crippen LogP contribution in [0.5, 0.6) is 0 Å².